The predicted molar refractivity (Wildman–Crippen MR) is 65.5 cm³/mol. The van der Waals surface area contributed by atoms with Crippen molar-refractivity contribution in [3.05, 3.63) is 34.3 Å². The number of primary amides is 1. The molecule has 0 bridgehead atoms. The molecule has 0 aromatic heterocycles. The molecule has 0 spiro atoms. The van der Waals surface area contributed by atoms with E-state index in [1.54, 1.807) is 0 Å². The fourth-order valence-electron chi connectivity index (χ4n) is 1.59. The lowest BCUT2D eigenvalue weighted by atomic mass is 9.87. The summed E-state index contributed by atoms with van der Waals surface area (Å²) < 4.78 is 1.07. The maximum atomic E-state index is 10.8. The number of hydrogen-bond acceptors (Lipinski definition) is 1. The van der Waals surface area contributed by atoms with Crippen LogP contribution in [0.1, 0.15) is 31.7 Å². The van der Waals surface area contributed by atoms with E-state index in [1.165, 1.54) is 5.56 Å². The normalized spacial score (nSPS) is 14.6. The summed E-state index contributed by atoms with van der Waals surface area (Å²) in [6.07, 6.45) is 0.442. The Morgan fingerprint density at radius 3 is 2.33 bits per heavy atom. The zero-order chi connectivity index (χ0) is 11.4. The fraction of sp³-hybridized carbons (Fsp3) is 0.417. The highest BCUT2D eigenvalue weighted by atomic mass is 79.9. The molecule has 15 heavy (non-hydrogen) atoms. The van der Waals surface area contributed by atoms with Gasteiger partial charge in [-0.2, -0.15) is 0 Å². The van der Waals surface area contributed by atoms with Gasteiger partial charge in [0, 0.05) is 10.9 Å². The third-order valence-electron chi connectivity index (χ3n) is 2.77. The van der Waals surface area contributed by atoms with Crippen molar-refractivity contribution in [2.45, 2.75) is 26.2 Å². The minimum absolute atomic E-state index is 0.230. The summed E-state index contributed by atoms with van der Waals surface area (Å²) in [6.45, 7) is 4.17. The molecular formula is C12H16BrNO. The fourth-order valence-corrected chi connectivity index (χ4v) is 1.85. The maximum Gasteiger partial charge on any atom is 0.217 e. The van der Waals surface area contributed by atoms with Crippen molar-refractivity contribution in [3.63, 3.8) is 0 Å². The predicted octanol–water partition coefficient (Wildman–Crippen LogP) is 3.06. The molecule has 0 radical (unpaired) electrons. The highest BCUT2D eigenvalue weighted by Gasteiger charge is 2.16. The van der Waals surface area contributed by atoms with Crippen LogP contribution in [0, 0.1) is 5.92 Å². The highest BCUT2D eigenvalue weighted by molar-refractivity contribution is 9.10. The number of rotatable bonds is 4. The molecular weight excluding hydrogens is 254 g/mol. The summed E-state index contributed by atoms with van der Waals surface area (Å²) in [4.78, 5) is 10.8. The summed E-state index contributed by atoms with van der Waals surface area (Å²) in [5.41, 5.74) is 6.43. The summed E-state index contributed by atoms with van der Waals surface area (Å²) in [6, 6.07) is 8.18. The smallest absolute Gasteiger partial charge is 0.217 e. The summed E-state index contributed by atoms with van der Waals surface area (Å²) in [5, 5.41) is 0. The van der Waals surface area contributed by atoms with E-state index in [1.807, 2.05) is 12.1 Å². The van der Waals surface area contributed by atoms with Gasteiger partial charge in [0.05, 0.1) is 0 Å². The Balaban J connectivity index is 2.71. The molecule has 1 amide bonds. The van der Waals surface area contributed by atoms with E-state index in [0.717, 1.165) is 4.47 Å². The van der Waals surface area contributed by atoms with Crippen molar-refractivity contribution < 1.29 is 4.79 Å². The van der Waals surface area contributed by atoms with Crippen LogP contribution in [0.15, 0.2) is 28.7 Å². The number of benzene rings is 1. The van der Waals surface area contributed by atoms with Crippen LogP contribution in [0.25, 0.3) is 0 Å². The lowest BCUT2D eigenvalue weighted by molar-refractivity contribution is -0.118. The van der Waals surface area contributed by atoms with E-state index in [9.17, 15) is 4.79 Å². The zero-order valence-corrected chi connectivity index (χ0v) is 10.6. The molecule has 0 aliphatic rings. The molecule has 2 unspecified atom stereocenters. The molecule has 1 aromatic carbocycles. The molecule has 0 heterocycles. The van der Waals surface area contributed by atoms with Gasteiger partial charge in [0.15, 0.2) is 0 Å². The van der Waals surface area contributed by atoms with E-state index >= 15 is 0 Å². The summed E-state index contributed by atoms with van der Waals surface area (Å²) in [7, 11) is 0. The monoisotopic (exact) mass is 269 g/mol. The average Bonchev–Trinajstić information content (AvgIpc) is 2.17. The van der Waals surface area contributed by atoms with Crippen LogP contribution in [0.4, 0.5) is 0 Å². The molecule has 0 aliphatic carbocycles. The molecule has 2 N–H and O–H groups in total. The maximum absolute atomic E-state index is 10.8. The average molecular weight is 270 g/mol. The van der Waals surface area contributed by atoms with Crippen LogP contribution >= 0.6 is 15.9 Å². The Labute approximate surface area is 99.0 Å². The second-order valence-electron chi connectivity index (χ2n) is 3.99. The molecule has 1 aromatic rings. The standard InChI is InChI=1S/C12H16BrNO/c1-8(7-12(14)15)9(2)10-3-5-11(13)6-4-10/h3-6,8-9H,7H2,1-2H3,(H2,14,15). The van der Waals surface area contributed by atoms with Crippen LogP contribution in [0.5, 0.6) is 0 Å². The number of hydrogen-bond donors (Lipinski definition) is 1. The Hall–Kier alpha value is -0.830. The van der Waals surface area contributed by atoms with E-state index in [0.29, 0.717) is 12.3 Å². The second kappa shape index (κ2) is 5.31. The topological polar surface area (TPSA) is 43.1 Å². The van der Waals surface area contributed by atoms with E-state index in [-0.39, 0.29) is 11.8 Å². The van der Waals surface area contributed by atoms with Crippen LogP contribution in [0.3, 0.4) is 0 Å². The Morgan fingerprint density at radius 2 is 1.87 bits per heavy atom. The quantitative estimate of drug-likeness (QED) is 0.897. The van der Waals surface area contributed by atoms with Gasteiger partial charge in [0.25, 0.3) is 0 Å². The van der Waals surface area contributed by atoms with Crippen molar-refractivity contribution in [1.82, 2.24) is 0 Å². The van der Waals surface area contributed by atoms with E-state index in [2.05, 4.69) is 41.9 Å². The van der Waals surface area contributed by atoms with E-state index < -0.39 is 0 Å². The van der Waals surface area contributed by atoms with E-state index in [4.69, 9.17) is 5.73 Å². The van der Waals surface area contributed by atoms with Crippen LogP contribution in [-0.2, 0) is 4.79 Å². The van der Waals surface area contributed by atoms with Gasteiger partial charge in [0.2, 0.25) is 5.91 Å². The Bertz CT molecular complexity index is 334. The first-order valence-corrected chi connectivity index (χ1v) is 5.83. The first-order valence-electron chi connectivity index (χ1n) is 5.04. The van der Waals surface area contributed by atoms with Crippen LogP contribution < -0.4 is 5.73 Å². The Morgan fingerprint density at radius 1 is 1.33 bits per heavy atom. The summed E-state index contributed by atoms with van der Waals surface area (Å²) >= 11 is 3.40. The molecule has 82 valence electrons. The molecule has 1 rings (SSSR count). The van der Waals surface area contributed by atoms with Crippen molar-refractivity contribution in [2.75, 3.05) is 0 Å². The number of carbonyl (C=O) groups is 1. The van der Waals surface area contributed by atoms with Gasteiger partial charge in [-0.3, -0.25) is 4.79 Å². The lowest BCUT2D eigenvalue weighted by Crippen LogP contribution is -2.18. The molecule has 0 saturated heterocycles. The van der Waals surface area contributed by atoms with Gasteiger partial charge in [0.1, 0.15) is 0 Å². The third-order valence-corrected chi connectivity index (χ3v) is 3.30. The first-order chi connectivity index (χ1) is 7.00. The van der Waals surface area contributed by atoms with Crippen LogP contribution in [0.2, 0.25) is 0 Å². The van der Waals surface area contributed by atoms with Gasteiger partial charge >= 0.3 is 0 Å². The lowest BCUT2D eigenvalue weighted by Gasteiger charge is -2.18. The Kier molecular flexibility index (Phi) is 4.33. The minimum atomic E-state index is -0.230. The number of amides is 1. The third kappa shape index (κ3) is 3.67. The molecule has 0 saturated carbocycles. The zero-order valence-electron chi connectivity index (χ0n) is 9.03. The van der Waals surface area contributed by atoms with Gasteiger partial charge in [-0.1, -0.05) is 41.9 Å². The summed E-state index contributed by atoms with van der Waals surface area (Å²) in [5.74, 6) is 0.403. The number of halogens is 1. The van der Waals surface area contributed by atoms with Crippen molar-refractivity contribution >= 4 is 21.8 Å². The highest BCUT2D eigenvalue weighted by Crippen LogP contribution is 2.27. The second-order valence-corrected chi connectivity index (χ2v) is 4.90. The largest absolute Gasteiger partial charge is 0.370 e. The SMILES string of the molecule is CC(CC(N)=O)C(C)c1ccc(Br)cc1. The van der Waals surface area contributed by atoms with Gasteiger partial charge in [-0.15, -0.1) is 0 Å². The molecule has 2 atom stereocenters. The van der Waals surface area contributed by atoms with Crippen molar-refractivity contribution in [2.24, 2.45) is 11.7 Å². The van der Waals surface area contributed by atoms with Crippen molar-refractivity contribution in [1.29, 1.82) is 0 Å². The molecule has 0 aliphatic heterocycles. The molecule has 0 fully saturated rings. The number of nitrogens with two attached hydrogens (primary N) is 1. The van der Waals surface area contributed by atoms with Crippen LogP contribution in [-0.4, -0.2) is 5.91 Å². The number of carbonyl (C=O) groups excluding carboxylic acids is 1. The van der Waals surface area contributed by atoms with Gasteiger partial charge < -0.3 is 5.73 Å². The van der Waals surface area contributed by atoms with Gasteiger partial charge in [-0.25, -0.2) is 0 Å². The van der Waals surface area contributed by atoms with Gasteiger partial charge in [-0.05, 0) is 29.5 Å². The molecule has 3 heteroatoms. The molecule has 2 nitrogen and oxygen atoms in total. The first kappa shape index (κ1) is 12.2. The minimum Gasteiger partial charge on any atom is -0.370 e. The van der Waals surface area contributed by atoms with Crippen molar-refractivity contribution in [3.8, 4) is 0 Å².